The first-order valence-corrected chi connectivity index (χ1v) is 9.66. The third kappa shape index (κ3) is 6.96. The summed E-state index contributed by atoms with van der Waals surface area (Å²) in [6.45, 7) is 0.845. The Hall–Kier alpha value is -2.51. The Morgan fingerprint density at radius 3 is 2.48 bits per heavy atom. The molecule has 2 aromatic rings. The van der Waals surface area contributed by atoms with Crippen LogP contribution in [-0.2, 0) is 15.3 Å². The first-order valence-electron chi connectivity index (χ1n) is 8.50. The molecule has 0 saturated carbocycles. The molecule has 6 nitrogen and oxygen atoms in total. The average Bonchev–Trinajstić information content (AvgIpc) is 2.69. The van der Waals surface area contributed by atoms with Crippen molar-refractivity contribution in [3.8, 4) is 5.75 Å². The van der Waals surface area contributed by atoms with Gasteiger partial charge in [0.25, 0.3) is 5.91 Å². The lowest BCUT2D eigenvalue weighted by atomic mass is 10.1. The number of methoxy groups -OCH3 is 2. The highest BCUT2D eigenvalue weighted by atomic mass is 32.2. The van der Waals surface area contributed by atoms with E-state index in [1.165, 1.54) is 11.8 Å². The summed E-state index contributed by atoms with van der Waals surface area (Å²) in [4.78, 5) is 24.5. The molecule has 2 aromatic carbocycles. The number of thioether (sulfide) groups is 1. The maximum atomic E-state index is 12.2. The van der Waals surface area contributed by atoms with Crippen molar-refractivity contribution in [3.63, 3.8) is 0 Å². The fraction of sp³-hybridized carbons (Fsp3) is 0.300. The first kappa shape index (κ1) is 20.8. The van der Waals surface area contributed by atoms with Crippen LogP contribution in [0.25, 0.3) is 0 Å². The highest BCUT2D eigenvalue weighted by Crippen LogP contribution is 2.18. The Balaban J connectivity index is 1.85. The van der Waals surface area contributed by atoms with E-state index in [4.69, 9.17) is 9.47 Å². The van der Waals surface area contributed by atoms with Gasteiger partial charge >= 0.3 is 0 Å². The molecule has 0 fully saturated rings. The lowest BCUT2D eigenvalue weighted by Crippen LogP contribution is -2.28. The lowest BCUT2D eigenvalue weighted by molar-refractivity contribution is -0.113. The summed E-state index contributed by atoms with van der Waals surface area (Å²) < 4.78 is 10.1. The van der Waals surface area contributed by atoms with Crippen molar-refractivity contribution >= 4 is 29.3 Å². The summed E-state index contributed by atoms with van der Waals surface area (Å²) in [7, 11) is 3.20. The van der Waals surface area contributed by atoms with E-state index in [9.17, 15) is 9.59 Å². The Labute approximate surface area is 163 Å². The molecule has 0 spiro atoms. The number of benzene rings is 2. The van der Waals surface area contributed by atoms with E-state index >= 15 is 0 Å². The monoisotopic (exact) mass is 388 g/mol. The zero-order valence-corrected chi connectivity index (χ0v) is 16.3. The molecule has 0 unspecified atom stereocenters. The number of rotatable bonds is 10. The van der Waals surface area contributed by atoms with Crippen molar-refractivity contribution in [3.05, 3.63) is 59.7 Å². The zero-order valence-electron chi connectivity index (χ0n) is 15.5. The van der Waals surface area contributed by atoms with Gasteiger partial charge in [-0.05, 0) is 29.8 Å². The summed E-state index contributed by atoms with van der Waals surface area (Å²) in [5.41, 5.74) is 2.05. The third-order valence-electron chi connectivity index (χ3n) is 3.70. The topological polar surface area (TPSA) is 76.7 Å². The predicted octanol–water partition coefficient (Wildman–Crippen LogP) is 2.94. The van der Waals surface area contributed by atoms with Gasteiger partial charge < -0.3 is 20.1 Å². The van der Waals surface area contributed by atoms with Gasteiger partial charge in [-0.3, -0.25) is 9.59 Å². The second-order valence-electron chi connectivity index (χ2n) is 5.68. The van der Waals surface area contributed by atoms with E-state index < -0.39 is 0 Å². The number of amides is 2. The molecule has 0 bridgehead atoms. The number of carbonyl (C=O) groups excluding carboxylic acids is 2. The fourth-order valence-electron chi connectivity index (χ4n) is 2.32. The molecule has 0 aromatic heterocycles. The summed E-state index contributed by atoms with van der Waals surface area (Å²) in [6, 6.07) is 14.7. The minimum atomic E-state index is -0.242. The van der Waals surface area contributed by atoms with E-state index in [1.54, 1.807) is 38.5 Å². The Bertz CT molecular complexity index is 750. The molecule has 0 radical (unpaired) electrons. The predicted molar refractivity (Wildman–Crippen MR) is 108 cm³/mol. The van der Waals surface area contributed by atoms with Crippen LogP contribution in [0.15, 0.2) is 48.5 Å². The van der Waals surface area contributed by atoms with Crippen molar-refractivity contribution < 1.29 is 19.1 Å². The first-order chi connectivity index (χ1) is 13.1. The summed E-state index contributed by atoms with van der Waals surface area (Å²) >= 11 is 1.51. The van der Waals surface area contributed by atoms with Crippen LogP contribution in [0.5, 0.6) is 5.75 Å². The molecule has 2 N–H and O–H groups in total. The van der Waals surface area contributed by atoms with E-state index in [-0.39, 0.29) is 11.8 Å². The van der Waals surface area contributed by atoms with Crippen LogP contribution in [0, 0.1) is 0 Å². The summed E-state index contributed by atoms with van der Waals surface area (Å²) in [6.07, 6.45) is 0. The third-order valence-corrected chi connectivity index (χ3v) is 4.70. The van der Waals surface area contributed by atoms with Crippen LogP contribution in [0.1, 0.15) is 15.9 Å². The number of anilines is 1. The quantitative estimate of drug-likeness (QED) is 0.612. The maximum Gasteiger partial charge on any atom is 0.253 e. The minimum absolute atomic E-state index is 0.148. The smallest absolute Gasteiger partial charge is 0.253 e. The molecule has 27 heavy (non-hydrogen) atoms. The fourth-order valence-corrected chi connectivity index (χ4v) is 3.11. The number of hydrogen-bond donors (Lipinski definition) is 2. The SMILES string of the molecule is COCCNC(=O)c1ccccc1NC(=O)CSCc1ccc(OC)cc1. The molecule has 0 aliphatic carbocycles. The molecular formula is C20H24N2O4S. The molecule has 7 heteroatoms. The van der Waals surface area contributed by atoms with Crippen LogP contribution < -0.4 is 15.4 Å². The highest BCUT2D eigenvalue weighted by Gasteiger charge is 2.12. The van der Waals surface area contributed by atoms with Gasteiger partial charge in [-0.1, -0.05) is 24.3 Å². The van der Waals surface area contributed by atoms with Gasteiger partial charge in [0.2, 0.25) is 5.91 Å². The largest absolute Gasteiger partial charge is 0.497 e. The molecule has 144 valence electrons. The number of ether oxygens (including phenoxy) is 2. The second kappa shape index (κ2) is 11.3. The Morgan fingerprint density at radius 2 is 1.78 bits per heavy atom. The summed E-state index contributed by atoms with van der Waals surface area (Å²) in [5.74, 6) is 1.43. The Kier molecular flexibility index (Phi) is 8.67. The van der Waals surface area contributed by atoms with Gasteiger partial charge in [0.05, 0.1) is 30.7 Å². The standard InChI is InChI=1S/C20H24N2O4S/c1-25-12-11-21-20(24)17-5-3-4-6-18(17)22-19(23)14-27-13-15-7-9-16(26-2)10-8-15/h3-10H,11-14H2,1-2H3,(H,21,24)(H,22,23). The van der Waals surface area contributed by atoms with Gasteiger partial charge in [0.15, 0.2) is 0 Å². The van der Waals surface area contributed by atoms with E-state index in [2.05, 4.69) is 10.6 Å². The van der Waals surface area contributed by atoms with Crippen LogP contribution >= 0.6 is 11.8 Å². The van der Waals surface area contributed by atoms with E-state index in [0.29, 0.717) is 30.2 Å². The normalized spacial score (nSPS) is 10.3. The molecule has 0 heterocycles. The number of nitrogens with one attached hydrogen (secondary N) is 2. The molecule has 0 aliphatic rings. The van der Waals surface area contributed by atoms with Gasteiger partial charge in [-0.25, -0.2) is 0 Å². The number of carbonyl (C=O) groups is 2. The van der Waals surface area contributed by atoms with Crippen LogP contribution in [0.4, 0.5) is 5.69 Å². The van der Waals surface area contributed by atoms with Gasteiger partial charge in [0.1, 0.15) is 5.75 Å². The van der Waals surface area contributed by atoms with Crippen molar-refractivity contribution in [2.45, 2.75) is 5.75 Å². The van der Waals surface area contributed by atoms with Crippen LogP contribution in [0.3, 0.4) is 0 Å². The number of hydrogen-bond acceptors (Lipinski definition) is 5. The Morgan fingerprint density at radius 1 is 1.04 bits per heavy atom. The minimum Gasteiger partial charge on any atom is -0.497 e. The van der Waals surface area contributed by atoms with Gasteiger partial charge in [0, 0.05) is 19.4 Å². The van der Waals surface area contributed by atoms with Crippen molar-refractivity contribution in [2.24, 2.45) is 0 Å². The zero-order chi connectivity index (χ0) is 19.5. The summed E-state index contributed by atoms with van der Waals surface area (Å²) in [5, 5.41) is 5.57. The molecule has 0 atom stereocenters. The number of para-hydroxylation sites is 1. The van der Waals surface area contributed by atoms with Crippen molar-refractivity contribution in [2.75, 3.05) is 38.4 Å². The van der Waals surface area contributed by atoms with E-state index in [0.717, 1.165) is 17.1 Å². The van der Waals surface area contributed by atoms with E-state index in [1.807, 2.05) is 24.3 Å². The molecule has 2 amide bonds. The lowest BCUT2D eigenvalue weighted by Gasteiger charge is -2.11. The molecular weight excluding hydrogens is 364 g/mol. The van der Waals surface area contributed by atoms with Gasteiger partial charge in [-0.2, -0.15) is 0 Å². The maximum absolute atomic E-state index is 12.2. The van der Waals surface area contributed by atoms with Crippen LogP contribution in [-0.4, -0.2) is 44.9 Å². The van der Waals surface area contributed by atoms with Crippen molar-refractivity contribution in [1.29, 1.82) is 0 Å². The molecule has 2 rings (SSSR count). The molecule has 0 saturated heterocycles. The van der Waals surface area contributed by atoms with Gasteiger partial charge in [-0.15, -0.1) is 11.8 Å². The highest BCUT2D eigenvalue weighted by molar-refractivity contribution is 7.99. The average molecular weight is 388 g/mol. The molecule has 0 aliphatic heterocycles. The van der Waals surface area contributed by atoms with Crippen molar-refractivity contribution in [1.82, 2.24) is 5.32 Å². The second-order valence-corrected chi connectivity index (χ2v) is 6.67. The van der Waals surface area contributed by atoms with Crippen LogP contribution in [0.2, 0.25) is 0 Å².